The van der Waals surface area contributed by atoms with E-state index in [9.17, 15) is 15.0 Å². The van der Waals surface area contributed by atoms with Gasteiger partial charge in [-0.15, -0.1) is 6.42 Å². The van der Waals surface area contributed by atoms with Crippen molar-refractivity contribution in [3.8, 4) is 12.3 Å². The second kappa shape index (κ2) is 10.8. The molecule has 24 heavy (non-hydrogen) atoms. The summed E-state index contributed by atoms with van der Waals surface area (Å²) in [7, 11) is 0. The van der Waals surface area contributed by atoms with Gasteiger partial charge in [0.2, 0.25) is 6.04 Å². The van der Waals surface area contributed by atoms with Gasteiger partial charge >= 0.3 is 5.91 Å². The molecule has 0 aromatic carbocycles. The van der Waals surface area contributed by atoms with Gasteiger partial charge in [-0.25, -0.2) is 4.79 Å². The molecule has 0 spiro atoms. The molecule has 5 nitrogen and oxygen atoms in total. The van der Waals surface area contributed by atoms with Crippen LogP contribution in [0.1, 0.15) is 65.2 Å². The molecule has 0 heterocycles. The lowest BCUT2D eigenvalue weighted by Crippen LogP contribution is -3.00. The topological polar surface area (TPSA) is 102 Å². The second-order valence-electron chi connectivity index (χ2n) is 7.77. The van der Waals surface area contributed by atoms with Crippen molar-refractivity contribution in [1.82, 2.24) is 0 Å². The van der Waals surface area contributed by atoms with Gasteiger partial charge in [0.05, 0.1) is 12.5 Å². The number of rotatable bonds is 9. The maximum Gasteiger partial charge on any atom is 0.369 e. The normalized spacial score (nSPS) is 21.0. The number of quaternary nitrogens is 2. The van der Waals surface area contributed by atoms with Crippen LogP contribution >= 0.6 is 0 Å². The first-order valence-electron chi connectivity index (χ1n) is 9.36. The summed E-state index contributed by atoms with van der Waals surface area (Å²) in [6.45, 7) is 4.03. The van der Waals surface area contributed by atoms with E-state index >= 15 is 0 Å². The zero-order valence-corrected chi connectivity index (χ0v) is 15.3. The van der Waals surface area contributed by atoms with Crippen molar-refractivity contribution in [1.29, 1.82) is 0 Å². The Bertz CT molecular complexity index is 413. The van der Waals surface area contributed by atoms with Gasteiger partial charge < -0.3 is 15.9 Å². The third-order valence-corrected chi connectivity index (χ3v) is 5.02. The van der Waals surface area contributed by atoms with Crippen molar-refractivity contribution in [2.75, 3.05) is 0 Å². The Kier molecular flexibility index (Phi) is 9.53. The zero-order chi connectivity index (χ0) is 18.1. The molecule has 0 aliphatic heterocycles. The fraction of sp³-hybridized carbons (Fsp3) is 0.842. The minimum atomic E-state index is -0.906. The SMILES string of the molecule is C#CCC([NH3+])C(=O)[NH2+][C@@H](CC1CCCCC1)[C@@H](O)[C@@H](O)CC(C)C. The number of amides is 1. The van der Waals surface area contributed by atoms with E-state index in [0.29, 0.717) is 24.7 Å². The number of aliphatic hydroxyl groups is 2. The average Bonchev–Trinajstić information content (AvgIpc) is 2.54. The van der Waals surface area contributed by atoms with Crippen LogP contribution in [0.5, 0.6) is 0 Å². The number of hydrogen-bond acceptors (Lipinski definition) is 3. The van der Waals surface area contributed by atoms with E-state index in [-0.39, 0.29) is 11.9 Å². The summed E-state index contributed by atoms with van der Waals surface area (Å²) in [5.74, 6) is 3.16. The van der Waals surface area contributed by atoms with Crippen LogP contribution in [0.4, 0.5) is 0 Å². The Morgan fingerprint density at radius 3 is 2.46 bits per heavy atom. The Morgan fingerprint density at radius 1 is 1.29 bits per heavy atom. The largest absolute Gasteiger partial charge is 0.390 e. The first kappa shape index (κ1) is 21.1. The zero-order valence-electron chi connectivity index (χ0n) is 15.3. The summed E-state index contributed by atoms with van der Waals surface area (Å²) in [6, 6.07) is -0.797. The number of hydrogen-bond donors (Lipinski definition) is 4. The van der Waals surface area contributed by atoms with Crippen LogP contribution in [0.2, 0.25) is 0 Å². The van der Waals surface area contributed by atoms with Crippen molar-refractivity contribution in [2.24, 2.45) is 11.8 Å². The van der Waals surface area contributed by atoms with Crippen LogP contribution in [-0.2, 0) is 4.79 Å². The molecule has 1 rings (SSSR count). The maximum atomic E-state index is 12.3. The summed E-state index contributed by atoms with van der Waals surface area (Å²) < 4.78 is 0. The lowest BCUT2D eigenvalue weighted by Gasteiger charge is -2.30. The molecule has 5 heteroatoms. The predicted molar refractivity (Wildman–Crippen MR) is 93.5 cm³/mol. The highest BCUT2D eigenvalue weighted by molar-refractivity contribution is 5.70. The second-order valence-corrected chi connectivity index (χ2v) is 7.77. The molecule has 0 saturated heterocycles. The number of aliphatic hydroxyl groups excluding tert-OH is 2. The minimum absolute atomic E-state index is 0.121. The highest BCUT2D eigenvalue weighted by Crippen LogP contribution is 2.28. The maximum absolute atomic E-state index is 12.3. The fourth-order valence-electron chi connectivity index (χ4n) is 3.61. The third-order valence-electron chi connectivity index (χ3n) is 5.02. The van der Waals surface area contributed by atoms with E-state index in [0.717, 1.165) is 19.3 Å². The molecule has 1 amide bonds. The van der Waals surface area contributed by atoms with Crippen molar-refractivity contribution >= 4 is 5.91 Å². The van der Waals surface area contributed by atoms with Gasteiger partial charge in [0.25, 0.3) is 0 Å². The Morgan fingerprint density at radius 2 is 1.92 bits per heavy atom. The van der Waals surface area contributed by atoms with Crippen LogP contribution in [-0.4, -0.2) is 40.4 Å². The van der Waals surface area contributed by atoms with E-state index in [1.165, 1.54) is 19.3 Å². The molecule has 138 valence electrons. The number of nitrogens with two attached hydrogens (primary N) is 1. The van der Waals surface area contributed by atoms with Gasteiger partial charge in [-0.2, -0.15) is 0 Å². The van der Waals surface area contributed by atoms with E-state index in [1.54, 1.807) is 5.32 Å². The molecular weight excluding hydrogens is 304 g/mol. The molecular formula is C19H36N2O3+2. The Balaban J connectivity index is 2.73. The summed E-state index contributed by atoms with van der Waals surface area (Å²) in [5, 5.41) is 22.5. The van der Waals surface area contributed by atoms with Crippen LogP contribution in [0, 0.1) is 24.2 Å². The smallest absolute Gasteiger partial charge is 0.369 e. The van der Waals surface area contributed by atoms with Gasteiger partial charge in [-0.05, 0) is 18.3 Å². The lowest BCUT2D eigenvalue weighted by molar-refractivity contribution is -0.632. The molecule has 1 fully saturated rings. The quantitative estimate of drug-likeness (QED) is 0.438. The fourth-order valence-corrected chi connectivity index (χ4v) is 3.61. The van der Waals surface area contributed by atoms with Crippen LogP contribution < -0.4 is 11.1 Å². The van der Waals surface area contributed by atoms with Gasteiger partial charge in [0, 0.05) is 6.42 Å². The van der Waals surface area contributed by atoms with Crippen LogP contribution in [0.15, 0.2) is 0 Å². The Labute approximate surface area is 146 Å². The van der Waals surface area contributed by atoms with Gasteiger partial charge in [0.1, 0.15) is 12.1 Å². The van der Waals surface area contributed by atoms with E-state index in [4.69, 9.17) is 6.42 Å². The number of terminal acetylenes is 1. The highest BCUT2D eigenvalue weighted by Gasteiger charge is 2.36. The molecule has 1 aliphatic rings. The average molecular weight is 341 g/mol. The molecule has 7 N–H and O–H groups in total. The molecule has 1 aliphatic carbocycles. The van der Waals surface area contributed by atoms with E-state index in [2.05, 4.69) is 11.7 Å². The highest BCUT2D eigenvalue weighted by atomic mass is 16.3. The summed E-state index contributed by atoms with van der Waals surface area (Å²) in [6.07, 6.45) is 11.1. The van der Waals surface area contributed by atoms with Crippen molar-refractivity contribution in [3.63, 3.8) is 0 Å². The molecule has 0 radical (unpaired) electrons. The molecule has 0 aromatic rings. The van der Waals surface area contributed by atoms with Crippen molar-refractivity contribution < 1.29 is 26.1 Å². The van der Waals surface area contributed by atoms with Crippen molar-refractivity contribution in [2.45, 2.75) is 89.5 Å². The lowest BCUT2D eigenvalue weighted by atomic mass is 9.82. The summed E-state index contributed by atoms with van der Waals surface area (Å²) in [4.78, 5) is 12.3. The number of primary amides is 1. The van der Waals surface area contributed by atoms with Crippen LogP contribution in [0.25, 0.3) is 0 Å². The predicted octanol–water partition coefficient (Wildman–Crippen LogP) is -0.183. The van der Waals surface area contributed by atoms with E-state index in [1.807, 2.05) is 13.8 Å². The summed E-state index contributed by atoms with van der Waals surface area (Å²) in [5.41, 5.74) is 3.81. The van der Waals surface area contributed by atoms with Gasteiger partial charge in [0.15, 0.2) is 0 Å². The molecule has 1 saturated carbocycles. The minimum Gasteiger partial charge on any atom is -0.390 e. The van der Waals surface area contributed by atoms with Gasteiger partial charge in [-0.1, -0.05) is 51.9 Å². The molecule has 4 atom stereocenters. The third kappa shape index (κ3) is 7.31. The molecule has 0 aromatic heterocycles. The van der Waals surface area contributed by atoms with E-state index < -0.39 is 18.2 Å². The molecule has 0 bridgehead atoms. The van der Waals surface area contributed by atoms with Crippen molar-refractivity contribution in [3.05, 3.63) is 0 Å². The number of carbonyl (C=O) groups is 1. The number of carbonyl (C=O) groups excluding carboxylic acids is 1. The molecule has 1 unspecified atom stereocenters. The summed E-state index contributed by atoms with van der Waals surface area (Å²) >= 11 is 0. The first-order valence-corrected chi connectivity index (χ1v) is 9.36. The van der Waals surface area contributed by atoms with Crippen LogP contribution in [0.3, 0.4) is 0 Å². The Hall–Kier alpha value is -0.930. The first-order chi connectivity index (χ1) is 11.3. The van der Waals surface area contributed by atoms with Gasteiger partial charge in [-0.3, -0.25) is 5.32 Å². The monoisotopic (exact) mass is 340 g/mol. The standard InChI is InChI=1S/C19H34N2O3/c1-4-8-15(20)19(24)21-16(12-14-9-6-5-7-10-14)18(23)17(22)11-13(2)3/h1,13-18,22-23H,5-12,20H2,2-3H3,(H,21,24)/p+2/t15?,16-,17-,18+/m0/s1.